The van der Waals surface area contributed by atoms with Gasteiger partial charge in [-0.3, -0.25) is 4.55 Å². The van der Waals surface area contributed by atoms with Gasteiger partial charge in [-0.15, -0.1) is 0 Å². The van der Waals surface area contributed by atoms with Gasteiger partial charge in [0.1, 0.15) is 0 Å². The number of benzene rings is 1. The third-order valence-corrected chi connectivity index (χ3v) is 8.07. The van der Waals surface area contributed by atoms with Crippen LogP contribution < -0.4 is 10.1 Å². The number of nitrogens with one attached hydrogen (secondary N) is 1. The summed E-state index contributed by atoms with van der Waals surface area (Å²) in [7, 11) is -4.87. The van der Waals surface area contributed by atoms with Gasteiger partial charge in [-0.2, -0.15) is 8.42 Å². The minimum absolute atomic E-state index is 0.00461. The summed E-state index contributed by atoms with van der Waals surface area (Å²) in [5.74, 6) is -0.0650. The number of hydrogen-bond acceptors (Lipinski definition) is 7. The Morgan fingerprint density at radius 3 is 2.68 bits per heavy atom. The smallest absolute Gasteiger partial charge is 0.298 e. The molecule has 25 heavy (non-hydrogen) atoms. The Kier molecular flexibility index (Phi) is 2.72. The summed E-state index contributed by atoms with van der Waals surface area (Å²) in [6.07, 6.45) is -0.903. The highest BCUT2D eigenvalue weighted by atomic mass is 32.2. The molecule has 0 aromatic heterocycles. The quantitative estimate of drug-likeness (QED) is 0.415. The molecule has 9 heteroatoms. The van der Waals surface area contributed by atoms with Crippen molar-refractivity contribution in [3.63, 3.8) is 0 Å². The molecule has 8 nitrogen and oxygen atoms in total. The molecule has 2 bridgehead atoms. The molecule has 1 aromatic rings. The fourth-order valence-corrected chi connectivity index (χ4v) is 6.56. The maximum atomic E-state index is 12.0. The van der Waals surface area contributed by atoms with Crippen LogP contribution in [0.5, 0.6) is 11.5 Å². The molecule has 1 spiro atoms. The van der Waals surface area contributed by atoms with E-state index in [9.17, 15) is 28.3 Å². The number of rotatable bonds is 1. The molecular formula is C16H19NO7S. The second-order valence-electron chi connectivity index (χ2n) is 7.62. The highest BCUT2D eigenvalue weighted by molar-refractivity contribution is 7.87. The van der Waals surface area contributed by atoms with Crippen LogP contribution in [0.25, 0.3) is 0 Å². The van der Waals surface area contributed by atoms with Gasteiger partial charge in [-0.1, -0.05) is 6.07 Å². The lowest BCUT2D eigenvalue weighted by molar-refractivity contribution is -0.192. The molecule has 1 aromatic carbocycles. The SMILES string of the molecule is O=S(=O)(O)C1(O)CC[C@@]2(O)[C@H]3Cc4ccc(O)c5c4C2(CCN3)[C@H]1O5. The first-order chi connectivity index (χ1) is 11.7. The highest BCUT2D eigenvalue weighted by Gasteiger charge is 2.77. The van der Waals surface area contributed by atoms with E-state index >= 15 is 0 Å². The number of aliphatic hydroxyl groups is 2. The Hall–Kier alpha value is -1.39. The summed E-state index contributed by atoms with van der Waals surface area (Å²) < 4.78 is 39.6. The van der Waals surface area contributed by atoms with Gasteiger partial charge in [-0.05, 0) is 43.9 Å². The van der Waals surface area contributed by atoms with Crippen molar-refractivity contribution in [1.29, 1.82) is 0 Å². The van der Waals surface area contributed by atoms with Crippen molar-refractivity contribution in [3.8, 4) is 11.5 Å². The lowest BCUT2D eigenvalue weighted by Crippen LogP contribution is -2.79. The Labute approximate surface area is 144 Å². The Bertz CT molecular complexity index is 902. The summed E-state index contributed by atoms with van der Waals surface area (Å²) in [5, 5.41) is 36.0. The van der Waals surface area contributed by atoms with Crippen molar-refractivity contribution in [2.24, 2.45) is 0 Å². The van der Waals surface area contributed by atoms with Gasteiger partial charge in [0.05, 0.1) is 11.0 Å². The molecule has 5 N–H and O–H groups in total. The summed E-state index contributed by atoms with van der Waals surface area (Å²) >= 11 is 0. The van der Waals surface area contributed by atoms with Gasteiger partial charge < -0.3 is 25.4 Å². The lowest BCUT2D eigenvalue weighted by atomic mass is 9.49. The van der Waals surface area contributed by atoms with Crippen LogP contribution in [0, 0.1) is 0 Å². The largest absolute Gasteiger partial charge is 0.504 e. The zero-order chi connectivity index (χ0) is 17.8. The maximum absolute atomic E-state index is 12.0. The van der Waals surface area contributed by atoms with Crippen LogP contribution in [0.15, 0.2) is 12.1 Å². The first-order valence-corrected chi connectivity index (χ1v) is 9.76. The molecule has 2 aliphatic carbocycles. The molecule has 0 radical (unpaired) electrons. The molecule has 2 fully saturated rings. The fourth-order valence-electron chi connectivity index (χ4n) is 5.68. The second kappa shape index (κ2) is 4.29. The molecule has 2 unspecified atom stereocenters. The van der Waals surface area contributed by atoms with Crippen molar-refractivity contribution >= 4 is 10.1 Å². The van der Waals surface area contributed by atoms with Crippen LogP contribution >= 0.6 is 0 Å². The first kappa shape index (κ1) is 15.8. The van der Waals surface area contributed by atoms with Crippen LogP contribution in [0.4, 0.5) is 0 Å². The van der Waals surface area contributed by atoms with E-state index in [4.69, 9.17) is 4.74 Å². The van der Waals surface area contributed by atoms with Crippen molar-refractivity contribution in [1.82, 2.24) is 5.32 Å². The molecule has 1 saturated carbocycles. The number of phenolic OH excluding ortho intramolecular Hbond substituents is 1. The van der Waals surface area contributed by atoms with Crippen LogP contribution in [0.3, 0.4) is 0 Å². The molecule has 5 atom stereocenters. The molecule has 2 heterocycles. The van der Waals surface area contributed by atoms with Crippen LogP contribution in [0.1, 0.15) is 30.4 Å². The van der Waals surface area contributed by atoms with Gasteiger partial charge in [-0.25, -0.2) is 0 Å². The number of hydrogen-bond donors (Lipinski definition) is 5. The van der Waals surface area contributed by atoms with Gasteiger partial charge in [0.25, 0.3) is 10.1 Å². The lowest BCUT2D eigenvalue weighted by Gasteiger charge is -2.62. The summed E-state index contributed by atoms with van der Waals surface area (Å²) in [4.78, 5) is -2.54. The fraction of sp³-hybridized carbons (Fsp3) is 0.625. The van der Waals surface area contributed by atoms with E-state index in [2.05, 4.69) is 5.32 Å². The van der Waals surface area contributed by atoms with Gasteiger partial charge in [0, 0.05) is 11.6 Å². The predicted molar refractivity (Wildman–Crippen MR) is 85.0 cm³/mol. The van der Waals surface area contributed by atoms with E-state index in [1.807, 2.05) is 0 Å². The molecule has 0 amide bonds. The van der Waals surface area contributed by atoms with Crippen molar-refractivity contribution in [2.45, 2.75) is 53.8 Å². The molecular weight excluding hydrogens is 350 g/mol. The molecule has 1 saturated heterocycles. The molecule has 136 valence electrons. The van der Waals surface area contributed by atoms with Crippen molar-refractivity contribution in [3.05, 3.63) is 23.3 Å². The van der Waals surface area contributed by atoms with Crippen LogP contribution in [-0.4, -0.2) is 57.5 Å². The normalized spacial score (nSPS) is 44.1. The predicted octanol–water partition coefficient (Wildman–Crippen LogP) is -0.590. The van der Waals surface area contributed by atoms with Gasteiger partial charge in [0.2, 0.25) is 4.93 Å². The van der Waals surface area contributed by atoms with E-state index < -0.39 is 32.2 Å². The standard InChI is InChI=1S/C16H19NO7S/c18-9-2-1-8-7-10-15(19)3-4-16(20,25(21,22)23)13-14(15,5-6-17-10)11(8)12(9)24-13/h1-2,10,13,17-20H,3-7H2,(H,21,22,23)/t10-,13-,14?,15-,16?/m1/s1. The van der Waals surface area contributed by atoms with E-state index in [0.717, 1.165) is 5.56 Å². The third kappa shape index (κ3) is 1.52. The van der Waals surface area contributed by atoms with E-state index in [0.29, 0.717) is 24.9 Å². The first-order valence-electron chi connectivity index (χ1n) is 8.32. The number of phenols is 1. The third-order valence-electron chi connectivity index (χ3n) is 6.76. The second-order valence-corrected chi connectivity index (χ2v) is 9.28. The van der Waals surface area contributed by atoms with Gasteiger partial charge >= 0.3 is 0 Å². The van der Waals surface area contributed by atoms with E-state index in [1.54, 1.807) is 6.07 Å². The zero-order valence-electron chi connectivity index (χ0n) is 13.3. The average molecular weight is 369 g/mol. The van der Waals surface area contributed by atoms with Gasteiger partial charge in [0.15, 0.2) is 17.6 Å². The number of ether oxygens (including phenoxy) is 1. The summed E-state index contributed by atoms with van der Waals surface area (Å²) in [6.45, 7) is 0.503. The highest BCUT2D eigenvalue weighted by Crippen LogP contribution is 2.66. The van der Waals surface area contributed by atoms with E-state index in [1.165, 1.54) is 6.07 Å². The minimum atomic E-state index is -4.87. The Morgan fingerprint density at radius 2 is 1.96 bits per heavy atom. The van der Waals surface area contributed by atoms with Crippen LogP contribution in [-0.2, 0) is 22.0 Å². The number of aromatic hydroxyl groups is 1. The topological polar surface area (TPSA) is 136 Å². The van der Waals surface area contributed by atoms with E-state index in [-0.39, 0.29) is 30.4 Å². The molecule has 4 aliphatic rings. The van der Waals surface area contributed by atoms with Crippen molar-refractivity contribution < 1.29 is 33.0 Å². The Balaban J connectivity index is 1.87. The van der Waals surface area contributed by atoms with Crippen molar-refractivity contribution in [2.75, 3.05) is 6.54 Å². The maximum Gasteiger partial charge on any atom is 0.298 e. The molecule has 2 aliphatic heterocycles. The minimum Gasteiger partial charge on any atom is -0.504 e. The Morgan fingerprint density at radius 1 is 1.20 bits per heavy atom. The zero-order valence-corrected chi connectivity index (χ0v) is 14.1. The summed E-state index contributed by atoms with van der Waals surface area (Å²) in [6, 6.07) is 2.89. The number of piperidine rings is 1. The summed E-state index contributed by atoms with van der Waals surface area (Å²) in [5.41, 5.74) is -1.12. The van der Waals surface area contributed by atoms with Crippen LogP contribution in [0.2, 0.25) is 0 Å². The average Bonchev–Trinajstić information content (AvgIpc) is 2.87. The monoisotopic (exact) mass is 369 g/mol. The molecule has 5 rings (SSSR count).